The molecule has 0 radical (unpaired) electrons. The molecule has 5 heterocycles. The summed E-state index contributed by atoms with van der Waals surface area (Å²) in [6.45, 7) is -0.972. The van der Waals surface area contributed by atoms with E-state index in [4.69, 9.17) is 47.0 Å². The number of phenols is 4. The maximum Gasteiger partial charge on any atom is 0.331 e. The Balaban J connectivity index is 1.17. The van der Waals surface area contributed by atoms with Gasteiger partial charge in [-0.2, -0.15) is 0 Å². The fraction of sp³-hybridized carbons (Fsp3) is 0.489. The minimum Gasteiger partial charge on any atom is -0.508 e. The van der Waals surface area contributed by atoms with Crippen molar-refractivity contribution in [2.75, 3.05) is 19.8 Å². The van der Waals surface area contributed by atoms with Gasteiger partial charge in [0.1, 0.15) is 113 Å². The number of fused-ring (bicyclic) bond motifs is 1. The first-order valence-corrected chi connectivity index (χ1v) is 22.6. The molecule has 8 rings (SSSR count). The number of hydrogen-bond donors (Lipinski definition) is 14. The topological polar surface area (TPSA) is 414 Å². The third-order valence-electron chi connectivity index (χ3n) is 12.5. The highest BCUT2D eigenvalue weighted by Crippen LogP contribution is 2.39. The van der Waals surface area contributed by atoms with E-state index in [1.165, 1.54) is 61.5 Å². The summed E-state index contributed by atoms with van der Waals surface area (Å²) in [5.41, 5.74) is -1.02. The van der Waals surface area contributed by atoms with E-state index in [0.29, 0.717) is 5.56 Å². The van der Waals surface area contributed by atoms with Crippen LogP contribution in [-0.2, 0) is 42.7 Å². The first-order valence-electron chi connectivity index (χ1n) is 22.6. The zero-order valence-corrected chi connectivity index (χ0v) is 38.2. The number of aromatic hydroxyl groups is 4. The van der Waals surface area contributed by atoms with Crippen LogP contribution in [0.1, 0.15) is 12.5 Å². The summed E-state index contributed by atoms with van der Waals surface area (Å²) in [7, 11) is 0. The van der Waals surface area contributed by atoms with Crippen LogP contribution in [0.5, 0.6) is 28.7 Å². The summed E-state index contributed by atoms with van der Waals surface area (Å²) < 4.78 is 58.6. The third-order valence-corrected chi connectivity index (χ3v) is 12.5. The van der Waals surface area contributed by atoms with E-state index in [0.717, 1.165) is 18.2 Å². The molecule has 19 atom stereocenters. The summed E-state index contributed by atoms with van der Waals surface area (Å²) in [6.07, 6.45) is -32.6. The van der Waals surface area contributed by atoms with Gasteiger partial charge in [0.25, 0.3) is 0 Å². The minimum absolute atomic E-state index is 0.0510. The monoisotopic (exact) mass is 1030 g/mol. The van der Waals surface area contributed by atoms with E-state index in [-0.39, 0.29) is 22.6 Å². The van der Waals surface area contributed by atoms with Crippen molar-refractivity contribution < 1.29 is 123 Å². The maximum absolute atomic E-state index is 14.5. The largest absolute Gasteiger partial charge is 0.508 e. The van der Waals surface area contributed by atoms with Gasteiger partial charge in [-0.05, 0) is 55.0 Å². The van der Waals surface area contributed by atoms with E-state index in [9.17, 15) is 81.1 Å². The number of phenolic OH excluding ortho intramolecular Hbond substituents is 4. The summed E-state index contributed by atoms with van der Waals surface area (Å²) in [5.74, 6) is -3.94. The summed E-state index contributed by atoms with van der Waals surface area (Å²) in [5, 5.41) is 148. The molecular weight excluding hydrogens is 980 g/mol. The van der Waals surface area contributed by atoms with Crippen molar-refractivity contribution in [2.45, 2.75) is 124 Å². The molecule has 4 fully saturated rings. The van der Waals surface area contributed by atoms with Gasteiger partial charge in [0.05, 0.1) is 25.9 Å². The van der Waals surface area contributed by atoms with E-state index in [1.54, 1.807) is 0 Å². The lowest BCUT2D eigenvalue weighted by molar-refractivity contribution is -0.365. The number of carbonyl (C=O) groups excluding carboxylic acids is 1. The van der Waals surface area contributed by atoms with E-state index in [1.807, 2.05) is 0 Å². The fourth-order valence-corrected chi connectivity index (χ4v) is 8.50. The maximum atomic E-state index is 14.5. The smallest absolute Gasteiger partial charge is 0.331 e. The molecule has 0 spiro atoms. The van der Waals surface area contributed by atoms with Gasteiger partial charge in [0.15, 0.2) is 30.7 Å². The predicted octanol–water partition coefficient (Wildman–Crippen LogP) is -3.14. The van der Waals surface area contributed by atoms with Gasteiger partial charge in [-0.15, -0.1) is 0 Å². The molecule has 4 aliphatic heterocycles. The Morgan fingerprint density at radius 1 is 0.658 bits per heavy atom. The number of aliphatic hydroxyl groups excluding tert-OH is 10. The SMILES string of the molecule is CC1OC(OCC2OC(Oc3c(-c4ccc(O)cc4)oc4cc(O)cc(O)c4c3=O)C(OC(=O)C=Cc3ccc(O)cc3)C(OC3OCC(O)C(O)C3O)C2O)C(O)C(OC2OC(CO)C(O)C(O)C2O)C1O. The van der Waals surface area contributed by atoms with Crippen LogP contribution in [0.2, 0.25) is 0 Å². The van der Waals surface area contributed by atoms with Crippen LogP contribution >= 0.6 is 0 Å². The Morgan fingerprint density at radius 2 is 1.30 bits per heavy atom. The van der Waals surface area contributed by atoms with Gasteiger partial charge in [0, 0.05) is 23.8 Å². The van der Waals surface area contributed by atoms with Gasteiger partial charge in [0.2, 0.25) is 17.5 Å². The highest BCUT2D eigenvalue weighted by Gasteiger charge is 2.55. The van der Waals surface area contributed by atoms with Crippen molar-refractivity contribution in [3.8, 4) is 40.1 Å². The number of aliphatic hydroxyl groups is 10. The number of rotatable bonds is 14. The Hall–Kier alpha value is -5.60. The number of esters is 1. The van der Waals surface area contributed by atoms with E-state index < -0.39 is 176 Å². The zero-order valence-electron chi connectivity index (χ0n) is 38.2. The first kappa shape index (κ1) is 53.7. The molecule has 4 saturated heterocycles. The van der Waals surface area contributed by atoms with E-state index in [2.05, 4.69) is 0 Å². The normalized spacial score (nSPS) is 36.0. The van der Waals surface area contributed by atoms with Crippen molar-refractivity contribution in [1.82, 2.24) is 0 Å². The fourth-order valence-electron chi connectivity index (χ4n) is 8.50. The first-order chi connectivity index (χ1) is 34.7. The Labute approximate surface area is 411 Å². The second-order valence-electron chi connectivity index (χ2n) is 17.6. The van der Waals surface area contributed by atoms with Crippen molar-refractivity contribution in [3.63, 3.8) is 0 Å². The summed E-state index contributed by atoms with van der Waals surface area (Å²) >= 11 is 0. The average Bonchev–Trinajstić information content (AvgIpc) is 3.36. The third kappa shape index (κ3) is 11.4. The Bertz CT molecular complexity index is 2610. The number of carbonyl (C=O) groups is 1. The highest BCUT2D eigenvalue weighted by atomic mass is 16.8. The van der Waals surface area contributed by atoms with Crippen LogP contribution in [0.3, 0.4) is 0 Å². The lowest BCUT2D eigenvalue weighted by atomic mass is 9.97. The van der Waals surface area contributed by atoms with Crippen LogP contribution < -0.4 is 10.2 Å². The zero-order chi connectivity index (χ0) is 52.6. The van der Waals surface area contributed by atoms with Crippen LogP contribution in [0.4, 0.5) is 0 Å². The molecule has 0 amide bonds. The number of benzene rings is 3. The second kappa shape index (κ2) is 22.5. The minimum atomic E-state index is -2.15. The molecule has 4 aromatic rings. The Morgan fingerprint density at radius 3 is 1.99 bits per heavy atom. The van der Waals surface area contributed by atoms with Crippen LogP contribution in [0.25, 0.3) is 28.4 Å². The van der Waals surface area contributed by atoms with Gasteiger partial charge in [-0.1, -0.05) is 12.1 Å². The standard InChI is InChI=1S/C47H54O26/c1-17-30(55)40(71-46-37(62)35(60)32(57)26(14-48)68-46)38(63)45(66-17)65-16-27-33(58)41(72-44-36(61)31(56)24(53)15-64-44)43(70-28(54)11-4-18-2-7-20(49)8-3-18)47(69-27)73-42-34(59)29-23(52)12-22(51)13-25(29)67-39(42)19-5-9-21(50)10-6-19/h2-13,17,24,26-27,30-33,35-38,40-41,43-53,55-58,60-63H,14-16H2,1H3. The molecular formula is C47H54O26. The second-order valence-corrected chi connectivity index (χ2v) is 17.6. The van der Waals surface area contributed by atoms with Crippen LogP contribution in [0, 0.1) is 0 Å². The van der Waals surface area contributed by atoms with Crippen molar-refractivity contribution >= 4 is 23.0 Å². The lowest BCUT2D eigenvalue weighted by Gasteiger charge is -2.47. The molecule has 398 valence electrons. The molecule has 19 unspecified atom stereocenters. The molecule has 1 aromatic heterocycles. The van der Waals surface area contributed by atoms with Gasteiger partial charge in [-0.3, -0.25) is 4.79 Å². The number of ether oxygens (including phenoxy) is 9. The Kier molecular flexibility index (Phi) is 16.5. The van der Waals surface area contributed by atoms with Gasteiger partial charge in [-0.25, -0.2) is 4.79 Å². The van der Waals surface area contributed by atoms with Gasteiger partial charge >= 0.3 is 5.97 Å². The molecule has 73 heavy (non-hydrogen) atoms. The van der Waals surface area contributed by atoms with Crippen molar-refractivity contribution in [3.05, 3.63) is 82.5 Å². The highest BCUT2D eigenvalue weighted by molar-refractivity contribution is 5.88. The molecule has 0 saturated carbocycles. The van der Waals surface area contributed by atoms with Crippen LogP contribution in [0.15, 0.2) is 76.0 Å². The summed E-state index contributed by atoms with van der Waals surface area (Å²) in [4.78, 5) is 28.3. The lowest BCUT2D eigenvalue weighted by Crippen LogP contribution is -2.66. The van der Waals surface area contributed by atoms with Gasteiger partial charge < -0.3 is 119 Å². The summed E-state index contributed by atoms with van der Waals surface area (Å²) in [6, 6.07) is 12.5. The quantitative estimate of drug-likeness (QED) is 0.0438. The van der Waals surface area contributed by atoms with Crippen LogP contribution in [-0.4, -0.2) is 214 Å². The average molecular weight is 1030 g/mol. The predicted molar refractivity (Wildman–Crippen MR) is 239 cm³/mol. The molecule has 26 heteroatoms. The molecule has 0 bridgehead atoms. The molecule has 14 N–H and O–H groups in total. The molecule has 3 aromatic carbocycles. The molecule has 26 nitrogen and oxygen atoms in total. The molecule has 0 aliphatic carbocycles. The number of hydrogen-bond acceptors (Lipinski definition) is 26. The van der Waals surface area contributed by atoms with Crippen molar-refractivity contribution in [1.29, 1.82) is 0 Å². The van der Waals surface area contributed by atoms with Crippen molar-refractivity contribution in [2.24, 2.45) is 0 Å². The molecule has 4 aliphatic rings. The van der Waals surface area contributed by atoms with E-state index >= 15 is 0 Å².